The van der Waals surface area contributed by atoms with Crippen molar-refractivity contribution in [2.45, 2.75) is 25.5 Å². The Morgan fingerprint density at radius 3 is 2.43 bits per heavy atom. The predicted octanol–water partition coefficient (Wildman–Crippen LogP) is 2.65. The third-order valence-corrected chi connectivity index (χ3v) is 3.74. The molecule has 0 bridgehead atoms. The van der Waals surface area contributed by atoms with Crippen molar-refractivity contribution in [3.63, 3.8) is 0 Å². The maximum Gasteiger partial charge on any atom is 0.516 e. The van der Waals surface area contributed by atoms with Crippen molar-refractivity contribution in [2.24, 2.45) is 5.92 Å². The first kappa shape index (κ1) is 18.8. The Labute approximate surface area is 130 Å². The van der Waals surface area contributed by atoms with E-state index in [2.05, 4.69) is 0 Å². The smallest absolute Gasteiger partial charge is 0.443 e. The van der Waals surface area contributed by atoms with Crippen LogP contribution in [0.5, 0.6) is 0 Å². The fourth-order valence-electron chi connectivity index (χ4n) is 1.42. The summed E-state index contributed by atoms with van der Waals surface area (Å²) >= 11 is 0. The molecule has 0 saturated heterocycles. The number of rotatable bonds is 5. The van der Waals surface area contributed by atoms with Crippen molar-refractivity contribution in [2.75, 3.05) is 4.72 Å². The van der Waals surface area contributed by atoms with E-state index in [9.17, 15) is 26.4 Å². The molecule has 1 aromatic carbocycles. The highest BCUT2D eigenvalue weighted by Gasteiger charge is 2.46. The largest absolute Gasteiger partial charge is 0.516 e. The number of alkyl halides is 3. The van der Waals surface area contributed by atoms with Gasteiger partial charge in [-0.3, -0.25) is 4.72 Å². The number of carbonyl (C=O) groups is 1. The van der Waals surface area contributed by atoms with Crippen LogP contribution in [0.15, 0.2) is 24.3 Å². The van der Waals surface area contributed by atoms with Crippen LogP contribution in [0.1, 0.15) is 24.2 Å². The van der Waals surface area contributed by atoms with Crippen molar-refractivity contribution in [1.29, 1.82) is 5.26 Å². The normalized spacial score (nSPS) is 13.3. The highest BCUT2D eigenvalue weighted by Crippen LogP contribution is 2.25. The lowest BCUT2D eigenvalue weighted by atomic mass is 10.1. The van der Waals surface area contributed by atoms with Gasteiger partial charge >= 0.3 is 21.5 Å². The van der Waals surface area contributed by atoms with Crippen LogP contribution in [0, 0.1) is 17.2 Å². The Kier molecular flexibility index (Phi) is 5.60. The zero-order valence-corrected chi connectivity index (χ0v) is 12.9. The van der Waals surface area contributed by atoms with Gasteiger partial charge in [-0.1, -0.05) is 19.9 Å². The summed E-state index contributed by atoms with van der Waals surface area (Å²) in [6, 6.07) is 6.11. The molecule has 0 radical (unpaired) electrons. The van der Waals surface area contributed by atoms with Gasteiger partial charge in [0.1, 0.15) is 6.07 Å². The molecule has 0 unspecified atom stereocenters. The van der Waals surface area contributed by atoms with Gasteiger partial charge in [-0.05, 0) is 18.2 Å². The lowest BCUT2D eigenvalue weighted by Crippen LogP contribution is -2.30. The first-order chi connectivity index (χ1) is 10.5. The Balaban J connectivity index is 2.98. The number of ether oxygens (including phenoxy) is 1. The van der Waals surface area contributed by atoms with Gasteiger partial charge in [0.25, 0.3) is 0 Å². The second-order valence-electron chi connectivity index (χ2n) is 4.83. The molecule has 0 aliphatic heterocycles. The molecule has 0 heterocycles. The van der Waals surface area contributed by atoms with Crippen LogP contribution < -0.4 is 4.72 Å². The van der Waals surface area contributed by atoms with E-state index in [1.54, 1.807) is 19.9 Å². The topological polar surface area (TPSA) is 96.3 Å². The van der Waals surface area contributed by atoms with E-state index in [1.807, 2.05) is 0 Å². The number of hydrogen-bond acceptors (Lipinski definition) is 5. The van der Waals surface area contributed by atoms with E-state index < -0.39 is 33.3 Å². The molecule has 0 aliphatic rings. The van der Waals surface area contributed by atoms with Crippen LogP contribution in [-0.2, 0) is 14.8 Å². The average Bonchev–Trinajstić information content (AvgIpc) is 2.42. The summed E-state index contributed by atoms with van der Waals surface area (Å²) in [5, 5.41) is 8.85. The summed E-state index contributed by atoms with van der Waals surface area (Å²) in [5.41, 5.74) is -6.12. The number of nitriles is 1. The second kappa shape index (κ2) is 6.87. The maximum absolute atomic E-state index is 12.3. The lowest BCUT2D eigenvalue weighted by Gasteiger charge is -2.15. The van der Waals surface area contributed by atoms with Crippen LogP contribution in [0.2, 0.25) is 0 Å². The quantitative estimate of drug-likeness (QED) is 0.824. The van der Waals surface area contributed by atoms with Gasteiger partial charge in [-0.15, -0.1) is 0 Å². The molecular formula is C13H13F3N2O4S. The highest BCUT2D eigenvalue weighted by molar-refractivity contribution is 7.93. The molecule has 0 aliphatic carbocycles. The number of nitrogens with zero attached hydrogens (tertiary/aromatic N) is 1. The highest BCUT2D eigenvalue weighted by atomic mass is 32.2. The first-order valence-electron chi connectivity index (χ1n) is 6.27. The Hall–Kier alpha value is -2.28. The Morgan fingerprint density at radius 1 is 1.35 bits per heavy atom. The van der Waals surface area contributed by atoms with Crippen molar-refractivity contribution in [3.05, 3.63) is 29.8 Å². The van der Waals surface area contributed by atoms with Gasteiger partial charge in [-0.2, -0.15) is 26.9 Å². The van der Waals surface area contributed by atoms with E-state index in [0.29, 0.717) is 0 Å². The van der Waals surface area contributed by atoms with E-state index in [1.165, 1.54) is 16.9 Å². The number of sulfonamides is 1. The molecule has 0 amide bonds. The van der Waals surface area contributed by atoms with Crippen molar-refractivity contribution >= 4 is 21.7 Å². The second-order valence-corrected chi connectivity index (χ2v) is 6.50. The number of halogens is 3. The number of carbonyl (C=O) groups excluding carboxylic acids is 1. The maximum atomic E-state index is 12.3. The molecule has 0 saturated carbocycles. The summed E-state index contributed by atoms with van der Waals surface area (Å²) in [7, 11) is -5.59. The van der Waals surface area contributed by atoms with E-state index in [-0.39, 0.29) is 11.5 Å². The van der Waals surface area contributed by atoms with Crippen LogP contribution in [0.4, 0.5) is 18.9 Å². The third kappa shape index (κ3) is 4.85. The minimum absolute atomic E-state index is 0.187. The van der Waals surface area contributed by atoms with Crippen molar-refractivity contribution < 1.29 is 31.1 Å². The molecule has 126 valence electrons. The molecule has 1 rings (SSSR count). The molecule has 1 aromatic rings. The van der Waals surface area contributed by atoms with Gasteiger partial charge in [0.15, 0.2) is 6.10 Å². The Bertz CT molecular complexity index is 723. The zero-order valence-electron chi connectivity index (χ0n) is 12.1. The summed E-state index contributed by atoms with van der Waals surface area (Å²) in [4.78, 5) is 11.9. The standard InChI is InChI=1S/C13H13F3N2O4S/c1-8(2)11(7-17)22-12(19)9-4-3-5-10(6-9)18-23(20,21)13(14,15)16/h3-6,8,11,18H,1-2H3/t11-/m0/s1. The van der Waals surface area contributed by atoms with Crippen molar-refractivity contribution in [1.82, 2.24) is 0 Å². The molecule has 1 atom stereocenters. The predicted molar refractivity (Wildman–Crippen MR) is 74.7 cm³/mol. The van der Waals surface area contributed by atoms with Crippen molar-refractivity contribution in [3.8, 4) is 6.07 Å². The molecule has 0 aromatic heterocycles. The van der Waals surface area contributed by atoms with E-state index in [0.717, 1.165) is 12.1 Å². The summed E-state index contributed by atoms with van der Waals surface area (Å²) < 4.78 is 65.2. The number of hydrogen-bond donors (Lipinski definition) is 1. The minimum atomic E-state index is -5.59. The zero-order chi connectivity index (χ0) is 17.8. The average molecular weight is 350 g/mol. The summed E-state index contributed by atoms with van der Waals surface area (Å²) in [5.74, 6) is -1.23. The lowest BCUT2D eigenvalue weighted by molar-refractivity contribution is -0.0429. The fraction of sp³-hybridized carbons (Fsp3) is 0.385. The molecule has 6 nitrogen and oxygen atoms in total. The first-order valence-corrected chi connectivity index (χ1v) is 7.76. The summed E-state index contributed by atoms with van der Waals surface area (Å²) in [6.07, 6.45) is -1.03. The monoisotopic (exact) mass is 350 g/mol. The number of anilines is 1. The molecule has 0 spiro atoms. The number of esters is 1. The third-order valence-electron chi connectivity index (χ3n) is 2.62. The number of benzene rings is 1. The van der Waals surface area contributed by atoms with Gasteiger partial charge in [-0.25, -0.2) is 4.79 Å². The number of nitrogens with one attached hydrogen (secondary N) is 1. The molecule has 23 heavy (non-hydrogen) atoms. The van der Waals surface area contributed by atoms with E-state index in [4.69, 9.17) is 10.00 Å². The fourth-order valence-corrected chi connectivity index (χ4v) is 1.97. The molecule has 10 heteroatoms. The Morgan fingerprint density at radius 2 is 1.96 bits per heavy atom. The van der Waals surface area contributed by atoms with Gasteiger partial charge < -0.3 is 4.74 Å². The van der Waals surface area contributed by atoms with Crippen LogP contribution >= 0.6 is 0 Å². The van der Waals surface area contributed by atoms with Crippen LogP contribution in [0.3, 0.4) is 0 Å². The van der Waals surface area contributed by atoms with Gasteiger partial charge in [0.2, 0.25) is 0 Å². The molecule has 1 N–H and O–H groups in total. The minimum Gasteiger partial charge on any atom is -0.443 e. The molecular weight excluding hydrogens is 337 g/mol. The SMILES string of the molecule is CC(C)[C@H](C#N)OC(=O)c1cccc(NS(=O)(=O)C(F)(F)F)c1. The van der Waals surface area contributed by atoms with Gasteiger partial charge in [0.05, 0.1) is 5.56 Å². The van der Waals surface area contributed by atoms with E-state index >= 15 is 0 Å². The van der Waals surface area contributed by atoms with Gasteiger partial charge in [0, 0.05) is 11.6 Å². The van der Waals surface area contributed by atoms with Crippen LogP contribution in [-0.4, -0.2) is 26.0 Å². The molecule has 0 fully saturated rings. The summed E-state index contributed by atoms with van der Waals surface area (Å²) in [6.45, 7) is 3.30. The van der Waals surface area contributed by atoms with Crippen LogP contribution in [0.25, 0.3) is 0 Å².